The molecule has 3 rings (SSSR count). The monoisotopic (exact) mass is 272 g/mol. The van der Waals surface area contributed by atoms with E-state index in [2.05, 4.69) is 9.88 Å². The van der Waals surface area contributed by atoms with Gasteiger partial charge in [-0.25, -0.2) is 4.98 Å². The summed E-state index contributed by atoms with van der Waals surface area (Å²) in [6.45, 7) is 1.39. The molecule has 104 valence electrons. The summed E-state index contributed by atoms with van der Waals surface area (Å²) in [4.78, 5) is 29.1. The Morgan fingerprint density at radius 2 is 2.10 bits per heavy atom. The Hall–Kier alpha value is -2.37. The molecule has 2 aromatic heterocycles. The number of piperidine rings is 1. The van der Waals surface area contributed by atoms with Crippen LogP contribution in [-0.2, 0) is 4.79 Å². The molecule has 0 aromatic carbocycles. The Kier molecular flexibility index (Phi) is 3.14. The summed E-state index contributed by atoms with van der Waals surface area (Å²) < 4.78 is 1.78. The number of carbonyl (C=O) groups excluding carboxylic acids is 2. The normalized spacial score (nSPS) is 16.5. The molecule has 1 aliphatic heterocycles. The highest BCUT2D eigenvalue weighted by Gasteiger charge is 2.26. The van der Waals surface area contributed by atoms with Crippen LogP contribution in [0.2, 0.25) is 0 Å². The zero-order valence-corrected chi connectivity index (χ0v) is 11.0. The number of nitrogens with two attached hydrogens (primary N) is 1. The van der Waals surface area contributed by atoms with E-state index in [-0.39, 0.29) is 11.8 Å². The van der Waals surface area contributed by atoms with Crippen molar-refractivity contribution < 1.29 is 9.59 Å². The van der Waals surface area contributed by atoms with Gasteiger partial charge in [0.25, 0.3) is 0 Å². The number of primary amides is 1. The molecule has 6 nitrogen and oxygen atoms in total. The molecule has 0 radical (unpaired) electrons. The van der Waals surface area contributed by atoms with Crippen molar-refractivity contribution in [3.05, 3.63) is 30.1 Å². The SMILES string of the molecule is NC(=O)C1CCN(c2nc3ccccn3c2C=O)CC1. The molecule has 1 amide bonds. The van der Waals surface area contributed by atoms with Crippen LogP contribution in [0.25, 0.3) is 5.65 Å². The first kappa shape index (κ1) is 12.7. The van der Waals surface area contributed by atoms with Gasteiger partial charge in [-0.15, -0.1) is 0 Å². The zero-order chi connectivity index (χ0) is 14.1. The van der Waals surface area contributed by atoms with Gasteiger partial charge >= 0.3 is 0 Å². The standard InChI is InChI=1S/C14H16N4O2/c15-13(20)10-4-7-17(8-5-10)14-11(9-19)18-6-2-1-3-12(18)16-14/h1-3,6,9-10H,4-5,7-8H2,(H2,15,20). The highest BCUT2D eigenvalue weighted by molar-refractivity contribution is 5.83. The number of rotatable bonds is 3. The molecular formula is C14H16N4O2. The van der Waals surface area contributed by atoms with Crippen molar-refractivity contribution in [1.29, 1.82) is 0 Å². The second-order valence-corrected chi connectivity index (χ2v) is 5.03. The average Bonchev–Trinajstić information content (AvgIpc) is 2.85. The first-order chi connectivity index (χ1) is 9.70. The lowest BCUT2D eigenvalue weighted by atomic mass is 9.96. The van der Waals surface area contributed by atoms with Gasteiger partial charge < -0.3 is 10.6 Å². The minimum absolute atomic E-state index is 0.0667. The maximum atomic E-state index is 11.4. The number of carbonyl (C=O) groups is 2. The van der Waals surface area contributed by atoms with Crippen LogP contribution in [0.4, 0.5) is 5.82 Å². The van der Waals surface area contributed by atoms with Gasteiger partial charge in [0, 0.05) is 25.2 Å². The van der Waals surface area contributed by atoms with Gasteiger partial charge in [0.15, 0.2) is 12.1 Å². The fourth-order valence-corrected chi connectivity index (χ4v) is 2.72. The molecule has 2 aromatic rings. The van der Waals surface area contributed by atoms with Crippen molar-refractivity contribution in [3.8, 4) is 0 Å². The van der Waals surface area contributed by atoms with Crippen LogP contribution in [-0.4, -0.2) is 34.7 Å². The van der Waals surface area contributed by atoms with Gasteiger partial charge in [0.2, 0.25) is 5.91 Å². The summed E-state index contributed by atoms with van der Waals surface area (Å²) in [6, 6.07) is 5.62. The highest BCUT2D eigenvalue weighted by atomic mass is 16.1. The number of imidazole rings is 1. The summed E-state index contributed by atoms with van der Waals surface area (Å²) in [7, 11) is 0. The van der Waals surface area contributed by atoms with Gasteiger partial charge in [-0.1, -0.05) is 6.07 Å². The van der Waals surface area contributed by atoms with Crippen LogP contribution < -0.4 is 10.6 Å². The van der Waals surface area contributed by atoms with E-state index in [0.29, 0.717) is 37.4 Å². The van der Waals surface area contributed by atoms with Crippen molar-refractivity contribution in [1.82, 2.24) is 9.38 Å². The lowest BCUT2D eigenvalue weighted by Gasteiger charge is -2.30. The third-order valence-electron chi connectivity index (χ3n) is 3.86. The third kappa shape index (κ3) is 2.03. The minimum Gasteiger partial charge on any atom is -0.369 e. The lowest BCUT2D eigenvalue weighted by molar-refractivity contribution is -0.122. The van der Waals surface area contributed by atoms with E-state index < -0.39 is 0 Å². The van der Waals surface area contributed by atoms with Crippen molar-refractivity contribution in [2.45, 2.75) is 12.8 Å². The molecule has 0 aliphatic carbocycles. The molecule has 1 saturated heterocycles. The molecule has 3 heterocycles. The maximum absolute atomic E-state index is 11.4. The fourth-order valence-electron chi connectivity index (χ4n) is 2.72. The largest absolute Gasteiger partial charge is 0.369 e. The van der Waals surface area contributed by atoms with Crippen molar-refractivity contribution in [2.75, 3.05) is 18.0 Å². The Labute approximate surface area is 116 Å². The molecule has 0 unspecified atom stereocenters. The second kappa shape index (κ2) is 4.96. The van der Waals surface area contributed by atoms with Crippen LogP contribution >= 0.6 is 0 Å². The lowest BCUT2D eigenvalue weighted by Crippen LogP contribution is -2.39. The Bertz CT molecular complexity index is 656. The number of nitrogens with zero attached hydrogens (tertiary/aromatic N) is 3. The van der Waals surface area contributed by atoms with Gasteiger partial charge in [-0.2, -0.15) is 0 Å². The fraction of sp³-hybridized carbons (Fsp3) is 0.357. The molecule has 0 saturated carbocycles. The van der Waals surface area contributed by atoms with Crippen LogP contribution in [0, 0.1) is 5.92 Å². The predicted octanol–water partition coefficient (Wildman–Crippen LogP) is 0.848. The third-order valence-corrected chi connectivity index (χ3v) is 3.86. The van der Waals surface area contributed by atoms with E-state index in [0.717, 1.165) is 11.9 Å². The number of hydrogen-bond donors (Lipinski definition) is 1. The Morgan fingerprint density at radius 1 is 1.35 bits per heavy atom. The van der Waals surface area contributed by atoms with E-state index in [1.165, 1.54) is 0 Å². The predicted molar refractivity (Wildman–Crippen MR) is 74.7 cm³/mol. The molecule has 20 heavy (non-hydrogen) atoms. The van der Waals surface area contributed by atoms with Crippen molar-refractivity contribution in [3.63, 3.8) is 0 Å². The molecule has 1 aliphatic rings. The molecule has 2 N–H and O–H groups in total. The Morgan fingerprint density at radius 3 is 2.75 bits per heavy atom. The number of anilines is 1. The first-order valence-corrected chi connectivity index (χ1v) is 6.67. The number of aromatic nitrogens is 2. The number of fused-ring (bicyclic) bond motifs is 1. The van der Waals surface area contributed by atoms with E-state index in [1.807, 2.05) is 24.4 Å². The van der Waals surface area contributed by atoms with Gasteiger partial charge in [0.05, 0.1) is 0 Å². The van der Waals surface area contributed by atoms with E-state index in [4.69, 9.17) is 5.73 Å². The summed E-state index contributed by atoms with van der Waals surface area (Å²) in [5.41, 5.74) is 6.64. The number of pyridine rings is 1. The van der Waals surface area contributed by atoms with Gasteiger partial charge in [0.1, 0.15) is 11.3 Å². The maximum Gasteiger partial charge on any atom is 0.220 e. The minimum atomic E-state index is -0.240. The summed E-state index contributed by atoms with van der Waals surface area (Å²) in [6.07, 6.45) is 4.07. The average molecular weight is 272 g/mol. The van der Waals surface area contributed by atoms with E-state index in [9.17, 15) is 9.59 Å². The van der Waals surface area contributed by atoms with Crippen molar-refractivity contribution in [2.24, 2.45) is 11.7 Å². The van der Waals surface area contributed by atoms with Crippen LogP contribution in [0.5, 0.6) is 0 Å². The van der Waals surface area contributed by atoms with Gasteiger partial charge in [-0.05, 0) is 25.0 Å². The topological polar surface area (TPSA) is 80.7 Å². The second-order valence-electron chi connectivity index (χ2n) is 5.03. The quantitative estimate of drug-likeness (QED) is 0.840. The smallest absolute Gasteiger partial charge is 0.220 e. The molecular weight excluding hydrogens is 256 g/mol. The summed E-state index contributed by atoms with van der Waals surface area (Å²) >= 11 is 0. The van der Waals surface area contributed by atoms with Gasteiger partial charge in [-0.3, -0.25) is 14.0 Å². The zero-order valence-electron chi connectivity index (χ0n) is 11.0. The number of aldehydes is 1. The van der Waals surface area contributed by atoms with Crippen LogP contribution in [0.3, 0.4) is 0 Å². The summed E-state index contributed by atoms with van der Waals surface area (Å²) in [5, 5.41) is 0. The summed E-state index contributed by atoms with van der Waals surface area (Å²) in [5.74, 6) is 0.382. The highest BCUT2D eigenvalue weighted by Crippen LogP contribution is 2.25. The molecule has 0 bridgehead atoms. The van der Waals surface area contributed by atoms with Crippen molar-refractivity contribution >= 4 is 23.7 Å². The van der Waals surface area contributed by atoms with Crippen LogP contribution in [0.1, 0.15) is 23.3 Å². The Balaban J connectivity index is 1.91. The van der Waals surface area contributed by atoms with E-state index in [1.54, 1.807) is 4.40 Å². The van der Waals surface area contributed by atoms with E-state index >= 15 is 0 Å². The molecule has 1 fully saturated rings. The molecule has 0 atom stereocenters. The number of hydrogen-bond acceptors (Lipinski definition) is 4. The number of amides is 1. The molecule has 6 heteroatoms. The first-order valence-electron chi connectivity index (χ1n) is 6.67. The van der Waals surface area contributed by atoms with Crippen LogP contribution in [0.15, 0.2) is 24.4 Å². The molecule has 0 spiro atoms.